The van der Waals surface area contributed by atoms with Gasteiger partial charge in [0.15, 0.2) is 0 Å². The lowest BCUT2D eigenvalue weighted by atomic mass is 10.1. The number of alkyl halides is 3. The molecule has 1 aromatic heterocycles. The van der Waals surface area contributed by atoms with Gasteiger partial charge in [-0.2, -0.15) is 13.2 Å². The lowest BCUT2D eigenvalue weighted by Gasteiger charge is -2.19. The van der Waals surface area contributed by atoms with E-state index < -0.39 is 12.7 Å². The van der Waals surface area contributed by atoms with E-state index in [4.69, 9.17) is 0 Å². The Morgan fingerprint density at radius 2 is 2.19 bits per heavy atom. The van der Waals surface area contributed by atoms with Crippen LogP contribution in [0, 0.1) is 11.7 Å². The highest BCUT2D eigenvalue weighted by Crippen LogP contribution is 2.23. The molecule has 1 saturated heterocycles. The van der Waals surface area contributed by atoms with Gasteiger partial charge in [-0.25, -0.2) is 4.39 Å². The van der Waals surface area contributed by atoms with Gasteiger partial charge in [-0.3, -0.25) is 9.88 Å². The third-order valence-corrected chi connectivity index (χ3v) is 3.68. The van der Waals surface area contributed by atoms with Gasteiger partial charge in [-0.05, 0) is 44.5 Å². The van der Waals surface area contributed by atoms with Gasteiger partial charge < -0.3 is 5.32 Å². The van der Waals surface area contributed by atoms with Crippen LogP contribution in [0.5, 0.6) is 0 Å². The molecule has 3 nitrogen and oxygen atoms in total. The summed E-state index contributed by atoms with van der Waals surface area (Å²) in [6.45, 7) is 2.64. The summed E-state index contributed by atoms with van der Waals surface area (Å²) in [4.78, 5) is 5.43. The van der Waals surface area contributed by atoms with Crippen molar-refractivity contribution in [3.63, 3.8) is 0 Å². The average molecular weight is 305 g/mol. The van der Waals surface area contributed by atoms with E-state index in [0.717, 1.165) is 18.3 Å². The van der Waals surface area contributed by atoms with Gasteiger partial charge in [-0.15, -0.1) is 0 Å². The number of nitrogens with one attached hydrogen (secondary N) is 1. The molecule has 1 aliphatic heterocycles. The minimum atomic E-state index is -4.13. The Kier molecular flexibility index (Phi) is 5.16. The zero-order valence-corrected chi connectivity index (χ0v) is 11.8. The predicted molar refractivity (Wildman–Crippen MR) is 71.2 cm³/mol. The normalized spacial score (nSPS) is 21.7. The van der Waals surface area contributed by atoms with Crippen LogP contribution in [0.25, 0.3) is 0 Å². The summed E-state index contributed by atoms with van der Waals surface area (Å²) in [7, 11) is 0. The summed E-state index contributed by atoms with van der Waals surface area (Å²) < 4.78 is 49.7. The Balaban J connectivity index is 1.75. The summed E-state index contributed by atoms with van der Waals surface area (Å²) >= 11 is 0. The van der Waals surface area contributed by atoms with Crippen molar-refractivity contribution in [1.29, 1.82) is 0 Å². The Morgan fingerprint density at radius 3 is 2.81 bits per heavy atom. The number of hydrogen-bond acceptors (Lipinski definition) is 3. The molecule has 1 aliphatic rings. The van der Waals surface area contributed by atoms with Crippen LogP contribution in [-0.2, 0) is 0 Å². The first-order valence-electron chi connectivity index (χ1n) is 6.97. The van der Waals surface area contributed by atoms with Gasteiger partial charge in [0.05, 0.1) is 18.4 Å². The van der Waals surface area contributed by atoms with Crippen LogP contribution >= 0.6 is 0 Å². The van der Waals surface area contributed by atoms with Crippen LogP contribution < -0.4 is 5.32 Å². The second-order valence-corrected chi connectivity index (χ2v) is 5.54. The first-order valence-corrected chi connectivity index (χ1v) is 6.97. The molecule has 2 atom stereocenters. The van der Waals surface area contributed by atoms with E-state index in [1.54, 1.807) is 6.07 Å². The van der Waals surface area contributed by atoms with E-state index in [-0.39, 0.29) is 17.8 Å². The van der Waals surface area contributed by atoms with E-state index in [2.05, 4.69) is 10.3 Å². The molecule has 1 N–H and O–H groups in total. The highest BCUT2D eigenvalue weighted by Gasteiger charge is 2.34. The molecule has 1 fully saturated rings. The van der Waals surface area contributed by atoms with E-state index in [0.29, 0.717) is 19.6 Å². The van der Waals surface area contributed by atoms with Crippen molar-refractivity contribution in [1.82, 2.24) is 15.2 Å². The zero-order valence-electron chi connectivity index (χ0n) is 11.8. The molecule has 2 heterocycles. The Labute approximate surface area is 121 Å². The number of pyridine rings is 1. The maximum Gasteiger partial charge on any atom is 0.401 e. The molecule has 2 rings (SSSR count). The highest BCUT2D eigenvalue weighted by atomic mass is 19.4. The second kappa shape index (κ2) is 6.70. The number of aromatic nitrogens is 1. The van der Waals surface area contributed by atoms with Crippen LogP contribution in [0.15, 0.2) is 18.3 Å². The molecule has 2 unspecified atom stereocenters. The van der Waals surface area contributed by atoms with E-state index in [1.807, 2.05) is 6.92 Å². The summed E-state index contributed by atoms with van der Waals surface area (Å²) in [6.07, 6.45) is -2.21. The maximum atomic E-state index is 12.8. The molecule has 7 heteroatoms. The molecule has 21 heavy (non-hydrogen) atoms. The molecule has 0 radical (unpaired) electrons. The van der Waals surface area contributed by atoms with Gasteiger partial charge >= 0.3 is 6.18 Å². The SMILES string of the molecule is CC(NCC1CCN(CC(F)(F)F)C1)c1ccc(F)cn1. The Hall–Kier alpha value is -1.21. The minimum absolute atomic E-state index is 0.0535. The number of likely N-dealkylation sites (tertiary alicyclic amines) is 1. The standard InChI is InChI=1S/C14H19F4N3/c1-10(13-3-2-12(15)7-20-13)19-6-11-4-5-21(8-11)9-14(16,17)18/h2-3,7,10-11,19H,4-6,8-9H2,1H3. The molecule has 0 saturated carbocycles. The van der Waals surface area contributed by atoms with Crippen LogP contribution in [0.2, 0.25) is 0 Å². The number of rotatable bonds is 5. The molecule has 0 aromatic carbocycles. The largest absolute Gasteiger partial charge is 0.401 e. The molecule has 0 aliphatic carbocycles. The molecule has 0 spiro atoms. The molecule has 0 amide bonds. The van der Waals surface area contributed by atoms with Crippen LogP contribution in [-0.4, -0.2) is 42.2 Å². The third-order valence-electron chi connectivity index (χ3n) is 3.68. The summed E-state index contributed by atoms with van der Waals surface area (Å²) in [5.74, 6) is -0.181. The second-order valence-electron chi connectivity index (χ2n) is 5.54. The van der Waals surface area contributed by atoms with Gasteiger partial charge in [0, 0.05) is 12.6 Å². The van der Waals surface area contributed by atoms with Gasteiger partial charge in [-0.1, -0.05) is 0 Å². The summed E-state index contributed by atoms with van der Waals surface area (Å²) in [6, 6.07) is 2.90. The van der Waals surface area contributed by atoms with Gasteiger partial charge in [0.2, 0.25) is 0 Å². The van der Waals surface area contributed by atoms with Crippen LogP contribution in [0.4, 0.5) is 17.6 Å². The van der Waals surface area contributed by atoms with Crippen molar-refractivity contribution in [2.24, 2.45) is 5.92 Å². The zero-order chi connectivity index (χ0) is 15.5. The molecular weight excluding hydrogens is 286 g/mol. The van der Waals surface area contributed by atoms with Crippen LogP contribution in [0.1, 0.15) is 25.1 Å². The smallest absolute Gasteiger partial charge is 0.309 e. The van der Waals surface area contributed by atoms with Crippen LogP contribution in [0.3, 0.4) is 0 Å². The van der Waals surface area contributed by atoms with Crippen molar-refractivity contribution >= 4 is 0 Å². The lowest BCUT2D eigenvalue weighted by Crippen LogP contribution is -2.34. The van der Waals surface area contributed by atoms with E-state index in [9.17, 15) is 17.6 Å². The highest BCUT2D eigenvalue weighted by molar-refractivity contribution is 5.08. The van der Waals surface area contributed by atoms with Crippen molar-refractivity contribution in [3.8, 4) is 0 Å². The third kappa shape index (κ3) is 5.24. The number of nitrogens with zero attached hydrogens (tertiary/aromatic N) is 2. The van der Waals surface area contributed by atoms with Gasteiger partial charge in [0.25, 0.3) is 0 Å². The van der Waals surface area contributed by atoms with Gasteiger partial charge in [0.1, 0.15) is 5.82 Å². The van der Waals surface area contributed by atoms with E-state index >= 15 is 0 Å². The lowest BCUT2D eigenvalue weighted by molar-refractivity contribution is -0.143. The molecule has 0 bridgehead atoms. The summed E-state index contributed by atoms with van der Waals surface area (Å²) in [5, 5.41) is 3.25. The quantitative estimate of drug-likeness (QED) is 0.848. The van der Waals surface area contributed by atoms with E-state index in [1.165, 1.54) is 11.0 Å². The van der Waals surface area contributed by atoms with Crippen molar-refractivity contribution in [3.05, 3.63) is 29.8 Å². The first-order chi connectivity index (χ1) is 9.83. The monoisotopic (exact) mass is 305 g/mol. The predicted octanol–water partition coefficient (Wildman–Crippen LogP) is 2.76. The molecule has 118 valence electrons. The first kappa shape index (κ1) is 16.2. The Morgan fingerprint density at radius 1 is 1.43 bits per heavy atom. The summed E-state index contributed by atoms with van der Waals surface area (Å²) in [5.41, 5.74) is 0.724. The fourth-order valence-corrected chi connectivity index (χ4v) is 2.57. The number of halogens is 4. The van der Waals surface area contributed by atoms with Crippen molar-refractivity contribution in [2.75, 3.05) is 26.2 Å². The van der Waals surface area contributed by atoms with Crippen molar-refractivity contribution < 1.29 is 17.6 Å². The minimum Gasteiger partial charge on any atom is -0.309 e. The maximum absolute atomic E-state index is 12.8. The molecular formula is C14H19F4N3. The van der Waals surface area contributed by atoms with Crippen molar-refractivity contribution in [2.45, 2.75) is 25.6 Å². The fraction of sp³-hybridized carbons (Fsp3) is 0.643. The number of hydrogen-bond donors (Lipinski definition) is 1. The topological polar surface area (TPSA) is 28.2 Å². The molecule has 1 aromatic rings. The Bertz CT molecular complexity index is 447. The average Bonchev–Trinajstić information content (AvgIpc) is 2.82. The fourth-order valence-electron chi connectivity index (χ4n) is 2.57.